The first-order valence-corrected chi connectivity index (χ1v) is 8.13. The van der Waals surface area contributed by atoms with Gasteiger partial charge in [0.15, 0.2) is 0 Å². The molecule has 6 nitrogen and oxygen atoms in total. The Morgan fingerprint density at radius 2 is 1.95 bits per heavy atom. The van der Waals surface area contributed by atoms with Gasteiger partial charge in [-0.25, -0.2) is 0 Å². The Morgan fingerprint density at radius 1 is 1.25 bits per heavy atom. The van der Waals surface area contributed by atoms with Gasteiger partial charge in [0.2, 0.25) is 0 Å². The van der Waals surface area contributed by atoms with Crippen molar-refractivity contribution in [2.45, 2.75) is 18.6 Å². The fourth-order valence-electron chi connectivity index (χ4n) is 2.74. The van der Waals surface area contributed by atoms with Crippen LogP contribution in [0, 0.1) is 0 Å². The highest BCUT2D eigenvalue weighted by atomic mass is 32.2. The van der Waals surface area contributed by atoms with Crippen LogP contribution in [0.2, 0.25) is 0 Å². The van der Waals surface area contributed by atoms with Gasteiger partial charge in [0.25, 0.3) is 10.2 Å². The SMILES string of the molecule is O=S(=O)(NC1c2ccccc2CC1O)N1CCOCC1. The lowest BCUT2D eigenvalue weighted by Gasteiger charge is -2.28. The molecule has 1 aliphatic carbocycles. The maximum absolute atomic E-state index is 12.3. The average molecular weight is 298 g/mol. The summed E-state index contributed by atoms with van der Waals surface area (Å²) >= 11 is 0. The van der Waals surface area contributed by atoms with Gasteiger partial charge in [-0.3, -0.25) is 0 Å². The summed E-state index contributed by atoms with van der Waals surface area (Å²) in [6.07, 6.45) is -0.241. The molecule has 1 fully saturated rings. The zero-order chi connectivity index (χ0) is 14.2. The number of ether oxygens (including phenoxy) is 1. The fourth-order valence-corrected chi connectivity index (χ4v) is 4.12. The average Bonchev–Trinajstić information content (AvgIpc) is 2.76. The van der Waals surface area contributed by atoms with Crippen LogP contribution in [0.4, 0.5) is 0 Å². The maximum Gasteiger partial charge on any atom is 0.280 e. The van der Waals surface area contributed by atoms with Gasteiger partial charge in [-0.15, -0.1) is 0 Å². The molecule has 1 saturated heterocycles. The zero-order valence-corrected chi connectivity index (χ0v) is 11.8. The van der Waals surface area contributed by atoms with Crippen LogP contribution >= 0.6 is 0 Å². The Balaban J connectivity index is 1.80. The molecule has 3 rings (SSSR count). The molecular formula is C13H18N2O4S. The van der Waals surface area contributed by atoms with Crippen LogP contribution in [-0.2, 0) is 21.4 Å². The van der Waals surface area contributed by atoms with E-state index in [-0.39, 0.29) is 0 Å². The molecule has 1 aromatic rings. The largest absolute Gasteiger partial charge is 0.391 e. The number of hydrogen-bond donors (Lipinski definition) is 2. The second kappa shape index (κ2) is 5.42. The normalized spacial score (nSPS) is 27.4. The van der Waals surface area contributed by atoms with Crippen LogP contribution in [0.3, 0.4) is 0 Å². The summed E-state index contributed by atoms with van der Waals surface area (Å²) in [4.78, 5) is 0. The Morgan fingerprint density at radius 3 is 2.70 bits per heavy atom. The molecule has 0 radical (unpaired) electrons. The molecule has 0 amide bonds. The van der Waals surface area contributed by atoms with Crippen molar-refractivity contribution in [3.8, 4) is 0 Å². The van der Waals surface area contributed by atoms with Gasteiger partial charge in [-0.05, 0) is 11.1 Å². The molecule has 7 heteroatoms. The highest BCUT2D eigenvalue weighted by Crippen LogP contribution is 2.32. The predicted molar refractivity (Wildman–Crippen MR) is 73.3 cm³/mol. The van der Waals surface area contributed by atoms with Gasteiger partial charge in [0, 0.05) is 19.5 Å². The molecule has 110 valence electrons. The minimum Gasteiger partial charge on any atom is -0.391 e. The number of hydrogen-bond acceptors (Lipinski definition) is 4. The molecule has 2 unspecified atom stereocenters. The van der Waals surface area contributed by atoms with Crippen molar-refractivity contribution in [1.82, 2.24) is 9.03 Å². The van der Waals surface area contributed by atoms with Crippen LogP contribution in [0.1, 0.15) is 17.2 Å². The Hall–Kier alpha value is -0.990. The van der Waals surface area contributed by atoms with E-state index in [2.05, 4.69) is 4.72 Å². The minimum absolute atomic E-state index is 0.347. The van der Waals surface area contributed by atoms with Gasteiger partial charge in [-0.1, -0.05) is 24.3 Å². The second-order valence-corrected chi connectivity index (χ2v) is 6.78. The van der Waals surface area contributed by atoms with Crippen LogP contribution in [0.5, 0.6) is 0 Å². The number of nitrogens with zero attached hydrogens (tertiary/aromatic N) is 1. The van der Waals surface area contributed by atoms with E-state index in [1.165, 1.54) is 4.31 Å². The summed E-state index contributed by atoms with van der Waals surface area (Å²) in [5.74, 6) is 0. The first kappa shape index (κ1) is 14.0. The topological polar surface area (TPSA) is 78.9 Å². The van der Waals surface area contributed by atoms with Gasteiger partial charge in [-0.2, -0.15) is 17.4 Å². The van der Waals surface area contributed by atoms with E-state index < -0.39 is 22.4 Å². The zero-order valence-electron chi connectivity index (χ0n) is 11.0. The lowest BCUT2D eigenvalue weighted by molar-refractivity contribution is 0.0716. The monoisotopic (exact) mass is 298 g/mol. The van der Waals surface area contributed by atoms with E-state index in [9.17, 15) is 13.5 Å². The molecule has 1 aliphatic heterocycles. The van der Waals surface area contributed by atoms with Crippen LogP contribution in [-0.4, -0.2) is 50.2 Å². The summed E-state index contributed by atoms with van der Waals surface area (Å²) in [7, 11) is -3.60. The third-order valence-corrected chi connectivity index (χ3v) is 5.39. The second-order valence-electron chi connectivity index (χ2n) is 5.08. The highest BCUT2D eigenvalue weighted by Gasteiger charge is 2.36. The molecule has 1 aromatic carbocycles. The smallest absolute Gasteiger partial charge is 0.280 e. The van der Waals surface area contributed by atoms with E-state index in [1.54, 1.807) is 0 Å². The number of aliphatic hydroxyl groups excluding tert-OH is 1. The van der Waals surface area contributed by atoms with Crippen molar-refractivity contribution in [2.75, 3.05) is 26.3 Å². The molecule has 0 spiro atoms. The van der Waals surface area contributed by atoms with Crippen molar-refractivity contribution in [2.24, 2.45) is 0 Å². The van der Waals surface area contributed by atoms with Gasteiger partial charge in [0.1, 0.15) is 0 Å². The number of nitrogens with one attached hydrogen (secondary N) is 1. The summed E-state index contributed by atoms with van der Waals surface area (Å²) in [5.41, 5.74) is 1.85. The number of morpholine rings is 1. The van der Waals surface area contributed by atoms with Crippen molar-refractivity contribution < 1.29 is 18.3 Å². The lowest BCUT2D eigenvalue weighted by Crippen LogP contribution is -2.48. The standard InChI is InChI=1S/C13H18N2O4S/c16-12-9-10-3-1-2-4-11(10)13(12)14-20(17,18)15-5-7-19-8-6-15/h1-4,12-14,16H,5-9H2. The fraction of sp³-hybridized carbons (Fsp3) is 0.538. The minimum atomic E-state index is -3.60. The van der Waals surface area contributed by atoms with Crippen molar-refractivity contribution in [1.29, 1.82) is 0 Å². The molecule has 0 bridgehead atoms. The molecule has 2 aliphatic rings. The first-order chi connectivity index (χ1) is 9.58. The molecule has 0 aromatic heterocycles. The summed E-state index contributed by atoms with van der Waals surface area (Å²) < 4.78 is 33.8. The van der Waals surface area contributed by atoms with E-state index >= 15 is 0 Å². The summed E-state index contributed by atoms with van der Waals surface area (Å²) in [6.45, 7) is 1.51. The third-order valence-electron chi connectivity index (χ3n) is 3.79. The molecule has 1 heterocycles. The number of benzene rings is 1. The van der Waals surface area contributed by atoms with Crippen molar-refractivity contribution in [3.63, 3.8) is 0 Å². The van der Waals surface area contributed by atoms with Gasteiger partial charge >= 0.3 is 0 Å². The molecular weight excluding hydrogens is 280 g/mol. The van der Waals surface area contributed by atoms with Crippen molar-refractivity contribution in [3.05, 3.63) is 35.4 Å². The van der Waals surface area contributed by atoms with Gasteiger partial charge < -0.3 is 9.84 Å². The molecule has 20 heavy (non-hydrogen) atoms. The maximum atomic E-state index is 12.3. The predicted octanol–water partition coefficient (Wildman–Crippen LogP) is -0.189. The van der Waals surface area contributed by atoms with Crippen LogP contribution in [0.15, 0.2) is 24.3 Å². The van der Waals surface area contributed by atoms with E-state index in [1.807, 2.05) is 24.3 Å². The first-order valence-electron chi connectivity index (χ1n) is 6.69. The third kappa shape index (κ3) is 2.59. The van der Waals surface area contributed by atoms with Crippen LogP contribution < -0.4 is 4.72 Å². The van der Waals surface area contributed by atoms with Crippen molar-refractivity contribution >= 4 is 10.2 Å². The molecule has 0 saturated carbocycles. The Kier molecular flexibility index (Phi) is 3.78. The van der Waals surface area contributed by atoms with E-state index in [0.717, 1.165) is 11.1 Å². The number of rotatable bonds is 3. The Bertz CT molecular complexity index is 584. The Labute approximate surface area is 118 Å². The molecule has 2 atom stereocenters. The highest BCUT2D eigenvalue weighted by molar-refractivity contribution is 7.87. The van der Waals surface area contributed by atoms with Gasteiger partial charge in [0.05, 0.1) is 25.4 Å². The molecule has 2 N–H and O–H groups in total. The quantitative estimate of drug-likeness (QED) is 0.811. The van der Waals surface area contributed by atoms with E-state index in [4.69, 9.17) is 4.74 Å². The van der Waals surface area contributed by atoms with Crippen LogP contribution in [0.25, 0.3) is 0 Å². The summed E-state index contributed by atoms with van der Waals surface area (Å²) in [6, 6.07) is 6.95. The number of aliphatic hydroxyl groups is 1. The summed E-state index contributed by atoms with van der Waals surface area (Å²) in [5, 5.41) is 10.1. The van der Waals surface area contributed by atoms with E-state index in [0.29, 0.717) is 32.7 Å². The number of fused-ring (bicyclic) bond motifs is 1. The lowest BCUT2D eigenvalue weighted by atomic mass is 10.1.